The van der Waals surface area contributed by atoms with Crippen LogP contribution in [0.25, 0.3) is 5.69 Å². The second kappa shape index (κ2) is 7.09. The molecule has 0 amide bonds. The fourth-order valence-electron chi connectivity index (χ4n) is 2.12. The molecule has 0 saturated heterocycles. The normalized spacial score (nSPS) is 11.5. The Kier molecular flexibility index (Phi) is 5.06. The number of benzene rings is 1. The van der Waals surface area contributed by atoms with Crippen molar-refractivity contribution in [2.45, 2.75) is 32.8 Å². The van der Waals surface area contributed by atoms with Gasteiger partial charge < -0.3 is 4.74 Å². The second-order valence-electron chi connectivity index (χ2n) is 6.60. The van der Waals surface area contributed by atoms with Gasteiger partial charge in [-0.15, -0.1) is 11.3 Å². The largest absolute Gasteiger partial charge is 0.455 e. The Hall–Kier alpha value is -1.99. The summed E-state index contributed by atoms with van der Waals surface area (Å²) in [6.45, 7) is 6.56. The Labute approximate surface area is 158 Å². The van der Waals surface area contributed by atoms with E-state index in [2.05, 4.69) is 46.8 Å². The van der Waals surface area contributed by atoms with E-state index in [0.717, 1.165) is 15.2 Å². The van der Waals surface area contributed by atoms with Crippen LogP contribution in [-0.2, 0) is 16.8 Å². The van der Waals surface area contributed by atoms with Crippen LogP contribution in [0.1, 0.15) is 41.0 Å². The van der Waals surface area contributed by atoms with E-state index in [4.69, 9.17) is 4.74 Å². The van der Waals surface area contributed by atoms with Crippen molar-refractivity contribution in [3.63, 3.8) is 0 Å². The van der Waals surface area contributed by atoms with Crippen LogP contribution < -0.4 is 0 Å². The van der Waals surface area contributed by atoms with E-state index >= 15 is 0 Å². The van der Waals surface area contributed by atoms with Gasteiger partial charge in [-0.2, -0.15) is 5.10 Å². The summed E-state index contributed by atoms with van der Waals surface area (Å²) < 4.78 is 7.95. The highest BCUT2D eigenvalue weighted by molar-refractivity contribution is 9.10. The van der Waals surface area contributed by atoms with Gasteiger partial charge in [0.25, 0.3) is 0 Å². The lowest BCUT2D eigenvalue weighted by atomic mass is 9.96. The molecule has 2 aromatic heterocycles. The molecular formula is C18H18BrN3O2S. The van der Waals surface area contributed by atoms with Crippen molar-refractivity contribution in [3.05, 3.63) is 62.8 Å². The molecule has 3 rings (SSSR count). The quantitative estimate of drug-likeness (QED) is 0.572. The first-order valence-electron chi connectivity index (χ1n) is 7.76. The number of nitrogens with zero attached hydrogens (tertiary/aromatic N) is 3. The third kappa shape index (κ3) is 4.35. The number of aromatic nitrogens is 3. The molecule has 0 radical (unpaired) electrons. The molecule has 0 aliphatic rings. The van der Waals surface area contributed by atoms with Crippen LogP contribution in [0.2, 0.25) is 0 Å². The molecule has 130 valence electrons. The van der Waals surface area contributed by atoms with Crippen LogP contribution in [0.15, 0.2) is 47.3 Å². The van der Waals surface area contributed by atoms with Gasteiger partial charge in [0, 0.05) is 21.7 Å². The van der Waals surface area contributed by atoms with E-state index in [1.165, 1.54) is 11.1 Å². The summed E-state index contributed by atoms with van der Waals surface area (Å²) in [7, 11) is 0. The smallest absolute Gasteiger partial charge is 0.341 e. The number of halogens is 1. The van der Waals surface area contributed by atoms with Gasteiger partial charge >= 0.3 is 5.97 Å². The van der Waals surface area contributed by atoms with Crippen molar-refractivity contribution in [1.82, 2.24) is 14.8 Å². The van der Waals surface area contributed by atoms with Crippen LogP contribution in [0.4, 0.5) is 0 Å². The van der Waals surface area contributed by atoms with Crippen molar-refractivity contribution in [1.29, 1.82) is 0 Å². The minimum absolute atomic E-state index is 0.0466. The molecule has 3 aromatic rings. The molecule has 0 saturated carbocycles. The topological polar surface area (TPSA) is 57.0 Å². The van der Waals surface area contributed by atoms with Crippen LogP contribution in [0.5, 0.6) is 0 Å². The molecule has 1 aromatic carbocycles. The highest BCUT2D eigenvalue weighted by atomic mass is 79.9. The molecule has 0 spiro atoms. The average Bonchev–Trinajstić information content (AvgIpc) is 3.21. The maximum atomic E-state index is 12.2. The van der Waals surface area contributed by atoms with Crippen LogP contribution >= 0.6 is 27.3 Å². The molecule has 0 unspecified atom stereocenters. The molecule has 5 nitrogen and oxygen atoms in total. The van der Waals surface area contributed by atoms with Crippen LogP contribution in [-0.4, -0.2) is 20.7 Å². The summed E-state index contributed by atoms with van der Waals surface area (Å²) in [5, 5.41) is 5.01. The first kappa shape index (κ1) is 17.8. The van der Waals surface area contributed by atoms with E-state index in [9.17, 15) is 4.79 Å². The molecule has 0 aliphatic carbocycles. The SMILES string of the molecule is CC(C)(C)c1cnc(COC(=O)c2cnn(-c3cccc(Br)c3)c2)s1. The lowest BCUT2D eigenvalue weighted by molar-refractivity contribution is 0.0472. The molecule has 7 heteroatoms. The fraction of sp³-hybridized carbons (Fsp3) is 0.278. The molecule has 2 heterocycles. The number of carbonyl (C=O) groups excluding carboxylic acids is 1. The maximum absolute atomic E-state index is 12.2. The number of ether oxygens (including phenoxy) is 1. The molecule has 0 aliphatic heterocycles. The number of thiazole rings is 1. The standard InChI is InChI=1S/C18H18BrN3O2S/c1-18(2,3)15-9-20-16(25-15)11-24-17(23)12-8-21-22(10-12)14-6-4-5-13(19)7-14/h4-10H,11H2,1-3H3. The van der Waals surface area contributed by atoms with Gasteiger partial charge in [-0.1, -0.05) is 42.8 Å². The summed E-state index contributed by atoms with van der Waals surface area (Å²) in [4.78, 5) is 17.7. The average molecular weight is 420 g/mol. The molecule has 0 N–H and O–H groups in total. The van der Waals surface area contributed by atoms with Crippen LogP contribution in [0.3, 0.4) is 0 Å². The minimum Gasteiger partial charge on any atom is -0.455 e. The summed E-state index contributed by atoms with van der Waals surface area (Å²) in [6.07, 6.45) is 5.01. The van der Waals surface area contributed by atoms with Gasteiger partial charge in [0.2, 0.25) is 0 Å². The molecular weight excluding hydrogens is 402 g/mol. The molecule has 25 heavy (non-hydrogen) atoms. The van der Waals surface area contributed by atoms with Gasteiger partial charge in [-0.25, -0.2) is 14.5 Å². The van der Waals surface area contributed by atoms with E-state index in [-0.39, 0.29) is 12.0 Å². The van der Waals surface area contributed by atoms with Gasteiger partial charge in [0.1, 0.15) is 11.6 Å². The van der Waals surface area contributed by atoms with E-state index in [1.807, 2.05) is 30.5 Å². The number of hydrogen-bond acceptors (Lipinski definition) is 5. The number of carbonyl (C=O) groups is 1. The highest BCUT2D eigenvalue weighted by Crippen LogP contribution is 2.28. The third-order valence-corrected chi connectivity index (χ3v) is 5.40. The van der Waals surface area contributed by atoms with Crippen molar-refractivity contribution >= 4 is 33.2 Å². The van der Waals surface area contributed by atoms with E-state index in [0.29, 0.717) is 5.56 Å². The van der Waals surface area contributed by atoms with Crippen molar-refractivity contribution in [2.75, 3.05) is 0 Å². The number of esters is 1. The monoisotopic (exact) mass is 419 g/mol. The first-order valence-corrected chi connectivity index (χ1v) is 9.37. The number of hydrogen-bond donors (Lipinski definition) is 0. The zero-order valence-electron chi connectivity index (χ0n) is 14.2. The highest BCUT2D eigenvalue weighted by Gasteiger charge is 2.18. The van der Waals surface area contributed by atoms with Gasteiger partial charge in [-0.3, -0.25) is 0 Å². The second-order valence-corrected chi connectivity index (χ2v) is 8.63. The lowest BCUT2D eigenvalue weighted by Crippen LogP contribution is -2.08. The Morgan fingerprint density at radius 2 is 2.12 bits per heavy atom. The fourth-order valence-corrected chi connectivity index (χ4v) is 3.40. The molecule has 0 atom stereocenters. The Morgan fingerprint density at radius 3 is 2.80 bits per heavy atom. The number of rotatable bonds is 4. The van der Waals surface area contributed by atoms with E-state index in [1.54, 1.807) is 22.2 Å². The maximum Gasteiger partial charge on any atom is 0.341 e. The predicted octanol–water partition coefficient (Wildman–Crippen LogP) is 4.75. The summed E-state index contributed by atoms with van der Waals surface area (Å²) in [5.41, 5.74) is 1.32. The van der Waals surface area contributed by atoms with E-state index < -0.39 is 5.97 Å². The zero-order valence-corrected chi connectivity index (χ0v) is 16.6. The molecule has 0 fully saturated rings. The lowest BCUT2D eigenvalue weighted by Gasteiger charge is -2.14. The Morgan fingerprint density at radius 1 is 1.32 bits per heavy atom. The van der Waals surface area contributed by atoms with Gasteiger partial charge in [0.15, 0.2) is 0 Å². The van der Waals surface area contributed by atoms with Crippen molar-refractivity contribution in [2.24, 2.45) is 0 Å². The summed E-state index contributed by atoms with van der Waals surface area (Å²) >= 11 is 4.99. The van der Waals surface area contributed by atoms with Crippen LogP contribution in [0, 0.1) is 0 Å². The summed E-state index contributed by atoms with van der Waals surface area (Å²) in [5.74, 6) is -0.409. The van der Waals surface area contributed by atoms with Crippen molar-refractivity contribution < 1.29 is 9.53 Å². The van der Waals surface area contributed by atoms with Gasteiger partial charge in [-0.05, 0) is 23.6 Å². The van der Waals surface area contributed by atoms with Crippen molar-refractivity contribution in [3.8, 4) is 5.69 Å². The predicted molar refractivity (Wildman–Crippen MR) is 101 cm³/mol. The third-order valence-electron chi connectivity index (χ3n) is 3.51. The Balaban J connectivity index is 1.65. The molecule has 0 bridgehead atoms. The summed E-state index contributed by atoms with van der Waals surface area (Å²) in [6, 6.07) is 7.68. The Bertz CT molecular complexity index is 896. The minimum atomic E-state index is -0.409. The first-order chi connectivity index (χ1) is 11.8. The van der Waals surface area contributed by atoms with Gasteiger partial charge in [0.05, 0.1) is 17.4 Å². The zero-order chi connectivity index (χ0) is 18.0.